The molecule has 0 unspecified atom stereocenters. The monoisotopic (exact) mass is 289 g/mol. The summed E-state index contributed by atoms with van der Waals surface area (Å²) in [6.45, 7) is 11.3. The molecule has 108 valence electrons. The molecule has 0 radical (unpaired) electrons. The molecule has 0 spiro atoms. The molecule has 0 saturated heterocycles. The van der Waals surface area contributed by atoms with Gasteiger partial charge in [0.25, 0.3) is 0 Å². The van der Waals surface area contributed by atoms with Gasteiger partial charge in [0.1, 0.15) is 0 Å². The number of nitrogens with zero attached hydrogens (tertiary/aromatic N) is 2. The zero-order valence-electron chi connectivity index (χ0n) is 12.7. The Balaban J connectivity index is 2.28. The summed E-state index contributed by atoms with van der Waals surface area (Å²) in [4.78, 5) is 8.35. The van der Waals surface area contributed by atoms with E-state index in [4.69, 9.17) is 4.98 Å². The minimum atomic E-state index is 0.908. The predicted octanol–water partition coefficient (Wildman–Crippen LogP) is 4.03. The fraction of sp³-hybridized carbons (Fsp3) is 0.438. The lowest BCUT2D eigenvalue weighted by Gasteiger charge is -2.20. The third-order valence-electron chi connectivity index (χ3n) is 3.28. The van der Waals surface area contributed by atoms with Crippen molar-refractivity contribution in [1.29, 1.82) is 0 Å². The van der Waals surface area contributed by atoms with Gasteiger partial charge in [0.05, 0.1) is 5.69 Å². The SMILES string of the molecule is CCNCc1sc(N(CC)c2cccc(C)c2)nc1C. The third-order valence-corrected chi connectivity index (χ3v) is 4.46. The van der Waals surface area contributed by atoms with E-state index in [1.165, 1.54) is 16.1 Å². The lowest BCUT2D eigenvalue weighted by atomic mass is 10.2. The molecular weight excluding hydrogens is 266 g/mol. The number of thiazole rings is 1. The van der Waals surface area contributed by atoms with Crippen LogP contribution in [0.3, 0.4) is 0 Å². The van der Waals surface area contributed by atoms with Gasteiger partial charge in [0.15, 0.2) is 5.13 Å². The van der Waals surface area contributed by atoms with E-state index >= 15 is 0 Å². The fourth-order valence-electron chi connectivity index (χ4n) is 2.15. The molecule has 0 saturated carbocycles. The van der Waals surface area contributed by atoms with Crippen molar-refractivity contribution in [3.8, 4) is 0 Å². The standard InChI is InChI=1S/C16H23N3S/c1-5-17-11-15-13(4)18-16(20-15)19(6-2)14-9-7-8-12(3)10-14/h7-10,17H,5-6,11H2,1-4H3. The number of aromatic nitrogens is 1. The molecule has 1 heterocycles. The van der Waals surface area contributed by atoms with E-state index in [-0.39, 0.29) is 0 Å². The average molecular weight is 289 g/mol. The summed E-state index contributed by atoms with van der Waals surface area (Å²) in [5.74, 6) is 0. The van der Waals surface area contributed by atoms with Crippen molar-refractivity contribution in [2.75, 3.05) is 18.0 Å². The van der Waals surface area contributed by atoms with E-state index in [9.17, 15) is 0 Å². The molecule has 4 heteroatoms. The van der Waals surface area contributed by atoms with Gasteiger partial charge < -0.3 is 10.2 Å². The van der Waals surface area contributed by atoms with E-state index in [2.05, 4.69) is 62.2 Å². The van der Waals surface area contributed by atoms with Crippen LogP contribution in [-0.4, -0.2) is 18.1 Å². The van der Waals surface area contributed by atoms with E-state index in [1.807, 2.05) is 0 Å². The number of hydrogen-bond donors (Lipinski definition) is 1. The molecule has 3 nitrogen and oxygen atoms in total. The van der Waals surface area contributed by atoms with Crippen molar-refractivity contribution in [3.05, 3.63) is 40.4 Å². The Kier molecular flexibility index (Phi) is 5.15. The number of aryl methyl sites for hydroxylation is 2. The third kappa shape index (κ3) is 3.38. The van der Waals surface area contributed by atoms with Crippen molar-refractivity contribution in [2.45, 2.75) is 34.2 Å². The Morgan fingerprint density at radius 1 is 1.25 bits per heavy atom. The van der Waals surface area contributed by atoms with Crippen LogP contribution in [0.15, 0.2) is 24.3 Å². The van der Waals surface area contributed by atoms with Gasteiger partial charge in [-0.2, -0.15) is 0 Å². The van der Waals surface area contributed by atoms with Crippen LogP contribution < -0.4 is 10.2 Å². The van der Waals surface area contributed by atoms with Gasteiger partial charge in [-0.25, -0.2) is 4.98 Å². The quantitative estimate of drug-likeness (QED) is 0.870. The van der Waals surface area contributed by atoms with Crippen LogP contribution >= 0.6 is 11.3 Å². The Bertz CT molecular complexity index is 563. The van der Waals surface area contributed by atoms with Crippen molar-refractivity contribution < 1.29 is 0 Å². The summed E-state index contributed by atoms with van der Waals surface area (Å²) in [7, 11) is 0. The van der Waals surface area contributed by atoms with Gasteiger partial charge in [-0.1, -0.05) is 30.4 Å². The Morgan fingerprint density at radius 2 is 2.05 bits per heavy atom. The van der Waals surface area contributed by atoms with Gasteiger partial charge in [-0.3, -0.25) is 0 Å². The summed E-state index contributed by atoms with van der Waals surface area (Å²) >= 11 is 1.79. The van der Waals surface area contributed by atoms with E-state index in [1.54, 1.807) is 11.3 Å². The normalized spacial score (nSPS) is 10.8. The molecule has 0 atom stereocenters. The largest absolute Gasteiger partial charge is 0.318 e. The van der Waals surface area contributed by atoms with Crippen LogP contribution in [0.5, 0.6) is 0 Å². The zero-order chi connectivity index (χ0) is 14.5. The van der Waals surface area contributed by atoms with Crippen molar-refractivity contribution >= 4 is 22.2 Å². The van der Waals surface area contributed by atoms with Gasteiger partial charge in [0, 0.05) is 23.7 Å². The van der Waals surface area contributed by atoms with E-state index < -0.39 is 0 Å². The van der Waals surface area contributed by atoms with Crippen LogP contribution in [0.25, 0.3) is 0 Å². The minimum Gasteiger partial charge on any atom is -0.318 e. The highest BCUT2D eigenvalue weighted by Gasteiger charge is 2.14. The van der Waals surface area contributed by atoms with Crippen LogP contribution in [-0.2, 0) is 6.54 Å². The summed E-state index contributed by atoms with van der Waals surface area (Å²) in [6, 6.07) is 8.59. The second-order valence-corrected chi connectivity index (χ2v) is 5.93. The lowest BCUT2D eigenvalue weighted by Crippen LogP contribution is -2.15. The van der Waals surface area contributed by atoms with Gasteiger partial charge in [-0.15, -0.1) is 0 Å². The second kappa shape index (κ2) is 6.86. The maximum absolute atomic E-state index is 4.75. The van der Waals surface area contributed by atoms with Gasteiger partial charge in [0.2, 0.25) is 0 Å². The van der Waals surface area contributed by atoms with Crippen molar-refractivity contribution in [2.24, 2.45) is 0 Å². The topological polar surface area (TPSA) is 28.2 Å². The van der Waals surface area contributed by atoms with Crippen molar-refractivity contribution in [3.63, 3.8) is 0 Å². The molecule has 2 aromatic rings. The molecule has 20 heavy (non-hydrogen) atoms. The summed E-state index contributed by atoms with van der Waals surface area (Å²) in [6.07, 6.45) is 0. The van der Waals surface area contributed by atoms with Crippen LogP contribution in [0.4, 0.5) is 10.8 Å². The summed E-state index contributed by atoms with van der Waals surface area (Å²) in [5.41, 5.74) is 3.63. The predicted molar refractivity (Wildman–Crippen MR) is 88.1 cm³/mol. The molecule has 0 amide bonds. The number of benzene rings is 1. The first-order valence-electron chi connectivity index (χ1n) is 7.17. The van der Waals surface area contributed by atoms with E-state index in [0.29, 0.717) is 0 Å². The second-order valence-electron chi connectivity index (χ2n) is 4.87. The summed E-state index contributed by atoms with van der Waals surface area (Å²) in [5, 5.41) is 4.46. The molecule has 0 fully saturated rings. The van der Waals surface area contributed by atoms with E-state index in [0.717, 1.165) is 30.5 Å². The van der Waals surface area contributed by atoms with Crippen molar-refractivity contribution in [1.82, 2.24) is 10.3 Å². The zero-order valence-corrected chi connectivity index (χ0v) is 13.5. The molecule has 2 rings (SSSR count). The van der Waals surface area contributed by atoms with Crippen LogP contribution in [0.1, 0.15) is 30.0 Å². The van der Waals surface area contributed by atoms with Gasteiger partial charge >= 0.3 is 0 Å². The molecule has 0 aliphatic rings. The lowest BCUT2D eigenvalue weighted by molar-refractivity contribution is 0.731. The maximum atomic E-state index is 4.75. The molecular formula is C16H23N3S. The first-order chi connectivity index (χ1) is 9.65. The highest BCUT2D eigenvalue weighted by atomic mass is 32.1. The fourth-order valence-corrected chi connectivity index (χ4v) is 3.27. The first kappa shape index (κ1) is 15.0. The molecule has 0 bridgehead atoms. The molecule has 1 aromatic heterocycles. The minimum absolute atomic E-state index is 0.908. The maximum Gasteiger partial charge on any atom is 0.190 e. The number of anilines is 2. The smallest absolute Gasteiger partial charge is 0.190 e. The highest BCUT2D eigenvalue weighted by molar-refractivity contribution is 7.15. The average Bonchev–Trinajstić information content (AvgIpc) is 2.78. The number of hydrogen-bond acceptors (Lipinski definition) is 4. The Labute approximate surface area is 125 Å². The molecule has 0 aliphatic heterocycles. The Morgan fingerprint density at radius 3 is 2.70 bits per heavy atom. The molecule has 1 aromatic carbocycles. The van der Waals surface area contributed by atoms with Gasteiger partial charge in [-0.05, 0) is 45.0 Å². The van der Waals surface area contributed by atoms with Crippen LogP contribution in [0.2, 0.25) is 0 Å². The number of nitrogens with one attached hydrogen (secondary N) is 1. The Hall–Kier alpha value is -1.39. The van der Waals surface area contributed by atoms with Crippen LogP contribution in [0, 0.1) is 13.8 Å². The highest BCUT2D eigenvalue weighted by Crippen LogP contribution is 2.31. The summed E-state index contributed by atoms with van der Waals surface area (Å²) < 4.78 is 0. The number of rotatable bonds is 6. The molecule has 1 N–H and O–H groups in total. The first-order valence-corrected chi connectivity index (χ1v) is 7.98. The molecule has 0 aliphatic carbocycles.